The van der Waals surface area contributed by atoms with Gasteiger partial charge in [0.25, 0.3) is 0 Å². The van der Waals surface area contributed by atoms with E-state index in [4.69, 9.17) is 4.42 Å². The van der Waals surface area contributed by atoms with Crippen LogP contribution in [0.2, 0.25) is 0 Å². The van der Waals surface area contributed by atoms with Gasteiger partial charge in [0.15, 0.2) is 5.13 Å². The summed E-state index contributed by atoms with van der Waals surface area (Å²) in [5, 5.41) is 9.12. The maximum Gasteiger partial charge on any atom is 0.217 e. The number of aryl methyl sites for hydroxylation is 1. The molecule has 0 bridgehead atoms. The molecule has 0 unspecified atom stereocenters. The fourth-order valence-electron chi connectivity index (χ4n) is 2.71. The van der Waals surface area contributed by atoms with Gasteiger partial charge in [-0.05, 0) is 37.5 Å². The molecule has 0 fully saturated rings. The highest BCUT2D eigenvalue weighted by atomic mass is 32.1. The minimum absolute atomic E-state index is 0.0211. The van der Waals surface area contributed by atoms with Gasteiger partial charge in [0.2, 0.25) is 5.91 Å². The van der Waals surface area contributed by atoms with Crippen LogP contribution < -0.4 is 10.6 Å². The summed E-state index contributed by atoms with van der Waals surface area (Å²) in [7, 11) is 0. The lowest BCUT2D eigenvalue weighted by Gasteiger charge is -2.12. The van der Waals surface area contributed by atoms with E-state index in [0.29, 0.717) is 6.54 Å². The minimum Gasteiger partial charge on any atom is -0.467 e. The molecule has 0 aliphatic carbocycles. The number of thiazole rings is 1. The number of hydrogen-bond acceptors (Lipinski definition) is 5. The molecule has 136 valence electrons. The monoisotopic (exact) mass is 369 g/mol. The van der Waals surface area contributed by atoms with Crippen molar-refractivity contribution in [3.8, 4) is 11.3 Å². The molecule has 2 heterocycles. The summed E-state index contributed by atoms with van der Waals surface area (Å²) in [6.45, 7) is 4.21. The fraction of sp³-hybridized carbons (Fsp3) is 0.300. The fourth-order valence-corrected chi connectivity index (χ4v) is 3.43. The van der Waals surface area contributed by atoms with Gasteiger partial charge in [-0.25, -0.2) is 4.98 Å². The van der Waals surface area contributed by atoms with Gasteiger partial charge in [-0.3, -0.25) is 4.79 Å². The molecule has 1 aromatic carbocycles. The molecule has 3 aromatic rings. The molecule has 0 aliphatic heterocycles. The Balaban J connectivity index is 1.54. The summed E-state index contributed by atoms with van der Waals surface area (Å²) in [4.78, 5) is 15.7. The number of amides is 1. The predicted molar refractivity (Wildman–Crippen MR) is 105 cm³/mol. The molecule has 0 saturated heterocycles. The lowest BCUT2D eigenvalue weighted by molar-refractivity contribution is -0.119. The zero-order chi connectivity index (χ0) is 18.4. The maximum absolute atomic E-state index is 11.1. The molecule has 2 N–H and O–H groups in total. The Morgan fingerprint density at radius 3 is 2.77 bits per heavy atom. The highest BCUT2D eigenvalue weighted by Gasteiger charge is 2.07. The number of carbonyl (C=O) groups is 1. The SMILES string of the molecule is CC(=O)N[C@@H](C)CCc1ccc(-c2csc(NCc3ccco3)n2)cc1. The third-order valence-corrected chi connectivity index (χ3v) is 4.86. The second-order valence-electron chi connectivity index (χ2n) is 6.31. The van der Waals surface area contributed by atoms with Crippen LogP contribution in [0.5, 0.6) is 0 Å². The van der Waals surface area contributed by atoms with Gasteiger partial charge in [-0.2, -0.15) is 0 Å². The van der Waals surface area contributed by atoms with Crippen LogP contribution in [0.4, 0.5) is 5.13 Å². The average molecular weight is 369 g/mol. The van der Waals surface area contributed by atoms with Crippen LogP contribution in [0.15, 0.2) is 52.5 Å². The minimum atomic E-state index is 0.0211. The number of hydrogen-bond donors (Lipinski definition) is 2. The van der Waals surface area contributed by atoms with Crippen LogP contribution in [0.1, 0.15) is 31.6 Å². The third kappa shape index (κ3) is 5.20. The highest BCUT2D eigenvalue weighted by Crippen LogP contribution is 2.25. The number of aromatic nitrogens is 1. The van der Waals surface area contributed by atoms with Crippen molar-refractivity contribution in [3.05, 3.63) is 59.4 Å². The van der Waals surface area contributed by atoms with Gasteiger partial charge in [0.1, 0.15) is 5.76 Å². The Morgan fingerprint density at radius 2 is 2.08 bits per heavy atom. The second kappa shape index (κ2) is 8.67. The van der Waals surface area contributed by atoms with Crippen LogP contribution in [-0.4, -0.2) is 16.9 Å². The number of rotatable bonds is 8. The van der Waals surface area contributed by atoms with Crippen molar-refractivity contribution in [2.24, 2.45) is 0 Å². The zero-order valence-corrected chi connectivity index (χ0v) is 15.8. The smallest absolute Gasteiger partial charge is 0.217 e. The summed E-state index contributed by atoms with van der Waals surface area (Å²) in [5.41, 5.74) is 3.33. The standard InChI is InChI=1S/C20H23N3O2S/c1-14(22-15(2)24)5-6-16-7-9-17(10-8-16)19-13-26-20(23-19)21-12-18-4-3-11-25-18/h3-4,7-11,13-14H,5-6,12H2,1-2H3,(H,21,23)(H,22,24)/t14-/m0/s1. The van der Waals surface area contributed by atoms with Gasteiger partial charge in [0, 0.05) is 23.9 Å². The van der Waals surface area contributed by atoms with Crippen LogP contribution in [0.25, 0.3) is 11.3 Å². The lowest BCUT2D eigenvalue weighted by atomic mass is 10.0. The van der Waals surface area contributed by atoms with Crippen molar-refractivity contribution in [3.63, 3.8) is 0 Å². The largest absolute Gasteiger partial charge is 0.467 e. The molecule has 1 amide bonds. The predicted octanol–water partition coefficient (Wildman–Crippen LogP) is 4.47. The Labute approximate surface area is 157 Å². The summed E-state index contributed by atoms with van der Waals surface area (Å²) in [5.74, 6) is 0.910. The molecule has 2 aromatic heterocycles. The highest BCUT2D eigenvalue weighted by molar-refractivity contribution is 7.14. The maximum atomic E-state index is 11.1. The summed E-state index contributed by atoms with van der Waals surface area (Å²) in [6.07, 6.45) is 3.54. The van der Waals surface area contributed by atoms with Gasteiger partial charge < -0.3 is 15.1 Å². The van der Waals surface area contributed by atoms with Crippen LogP contribution in [0.3, 0.4) is 0 Å². The van der Waals surface area contributed by atoms with Gasteiger partial charge in [0.05, 0.1) is 18.5 Å². The Morgan fingerprint density at radius 1 is 1.27 bits per heavy atom. The topological polar surface area (TPSA) is 67.2 Å². The van der Waals surface area contributed by atoms with Gasteiger partial charge in [-0.1, -0.05) is 24.3 Å². The first-order valence-corrected chi connectivity index (χ1v) is 9.56. The third-order valence-electron chi connectivity index (χ3n) is 4.06. The van der Waals surface area contributed by atoms with Crippen molar-refractivity contribution < 1.29 is 9.21 Å². The van der Waals surface area contributed by atoms with E-state index in [0.717, 1.165) is 35.0 Å². The molecule has 26 heavy (non-hydrogen) atoms. The van der Waals surface area contributed by atoms with Crippen molar-refractivity contribution in [1.82, 2.24) is 10.3 Å². The first-order chi connectivity index (χ1) is 12.6. The molecule has 0 spiro atoms. The second-order valence-corrected chi connectivity index (χ2v) is 7.17. The zero-order valence-electron chi connectivity index (χ0n) is 15.0. The average Bonchev–Trinajstić information content (AvgIpc) is 3.30. The number of nitrogens with zero attached hydrogens (tertiary/aromatic N) is 1. The molecule has 0 aliphatic rings. The number of furan rings is 1. The van der Waals surface area contributed by atoms with Crippen LogP contribution >= 0.6 is 11.3 Å². The molecular weight excluding hydrogens is 346 g/mol. The Kier molecular flexibility index (Phi) is 6.07. The van der Waals surface area contributed by atoms with Crippen molar-refractivity contribution >= 4 is 22.4 Å². The van der Waals surface area contributed by atoms with E-state index in [1.54, 1.807) is 24.5 Å². The van der Waals surface area contributed by atoms with Crippen molar-refractivity contribution in [2.75, 3.05) is 5.32 Å². The summed E-state index contributed by atoms with van der Waals surface area (Å²) >= 11 is 1.59. The molecular formula is C20H23N3O2S. The Bertz CT molecular complexity index is 825. The first kappa shape index (κ1) is 18.2. The van der Waals surface area contributed by atoms with E-state index < -0.39 is 0 Å². The van der Waals surface area contributed by atoms with Crippen LogP contribution in [0, 0.1) is 0 Å². The molecule has 0 saturated carbocycles. The van der Waals surface area contributed by atoms with E-state index in [1.165, 1.54) is 5.56 Å². The number of nitrogens with one attached hydrogen (secondary N) is 2. The first-order valence-electron chi connectivity index (χ1n) is 8.68. The molecule has 0 radical (unpaired) electrons. The van der Waals surface area contributed by atoms with E-state index in [-0.39, 0.29) is 11.9 Å². The molecule has 5 nitrogen and oxygen atoms in total. The van der Waals surface area contributed by atoms with E-state index in [2.05, 4.69) is 45.3 Å². The summed E-state index contributed by atoms with van der Waals surface area (Å²) in [6, 6.07) is 12.5. The molecule has 1 atom stereocenters. The van der Waals surface area contributed by atoms with Crippen LogP contribution in [-0.2, 0) is 17.8 Å². The molecule has 6 heteroatoms. The van der Waals surface area contributed by atoms with Crippen molar-refractivity contribution in [2.45, 2.75) is 39.3 Å². The summed E-state index contributed by atoms with van der Waals surface area (Å²) < 4.78 is 5.31. The normalized spacial score (nSPS) is 11.9. The quantitative estimate of drug-likeness (QED) is 0.615. The number of carbonyl (C=O) groups excluding carboxylic acids is 1. The van der Waals surface area contributed by atoms with Crippen molar-refractivity contribution in [1.29, 1.82) is 0 Å². The molecule has 3 rings (SSSR count). The Hall–Kier alpha value is -2.60. The van der Waals surface area contributed by atoms with E-state index in [9.17, 15) is 4.79 Å². The van der Waals surface area contributed by atoms with Gasteiger partial charge in [-0.15, -0.1) is 11.3 Å². The lowest BCUT2D eigenvalue weighted by Crippen LogP contribution is -2.30. The number of anilines is 1. The number of benzene rings is 1. The van der Waals surface area contributed by atoms with E-state index >= 15 is 0 Å². The van der Waals surface area contributed by atoms with E-state index in [1.807, 2.05) is 19.1 Å². The van der Waals surface area contributed by atoms with Gasteiger partial charge >= 0.3 is 0 Å².